The van der Waals surface area contributed by atoms with Crippen molar-refractivity contribution in [1.29, 1.82) is 0 Å². The molecule has 2 aromatic heterocycles. The number of nitrogens with zero attached hydrogens (tertiary/aromatic N) is 4. The number of aromatic nitrogens is 4. The van der Waals surface area contributed by atoms with Crippen LogP contribution in [0.3, 0.4) is 0 Å². The molecule has 1 aliphatic carbocycles. The standard InChI is InChI=1S/C13H20N6O3S.ClH/c1-9-16-11(8-19(9)2)23(20,21)15-7-4-10-17-12(18-22-10)13(14)5-3-6-13;/h8,15H,3-7,14H2,1-2H3;1H. The zero-order chi connectivity index (χ0) is 16.7. The van der Waals surface area contributed by atoms with Gasteiger partial charge in [-0.15, -0.1) is 12.4 Å². The summed E-state index contributed by atoms with van der Waals surface area (Å²) in [4.78, 5) is 8.26. The van der Waals surface area contributed by atoms with Crippen molar-refractivity contribution in [2.75, 3.05) is 6.54 Å². The zero-order valence-electron chi connectivity index (χ0n) is 13.5. The fourth-order valence-electron chi connectivity index (χ4n) is 2.36. The molecule has 0 radical (unpaired) electrons. The van der Waals surface area contributed by atoms with Gasteiger partial charge in [0.15, 0.2) is 10.9 Å². The Morgan fingerprint density at radius 3 is 2.67 bits per heavy atom. The minimum atomic E-state index is -3.64. The summed E-state index contributed by atoms with van der Waals surface area (Å²) in [5.41, 5.74) is 5.64. The van der Waals surface area contributed by atoms with Gasteiger partial charge in [0.2, 0.25) is 5.89 Å². The van der Waals surface area contributed by atoms with E-state index in [2.05, 4.69) is 19.8 Å². The largest absolute Gasteiger partial charge is 0.339 e. The molecule has 1 saturated carbocycles. The number of nitrogens with two attached hydrogens (primary N) is 1. The van der Waals surface area contributed by atoms with Crippen molar-refractivity contribution in [3.63, 3.8) is 0 Å². The Kier molecular flexibility index (Phi) is 5.33. The van der Waals surface area contributed by atoms with Crippen molar-refractivity contribution in [2.45, 2.75) is 43.2 Å². The topological polar surface area (TPSA) is 129 Å². The number of sulfonamides is 1. The highest BCUT2D eigenvalue weighted by molar-refractivity contribution is 7.89. The summed E-state index contributed by atoms with van der Waals surface area (Å²) in [6.07, 6.45) is 4.52. The molecule has 1 aliphatic rings. The second-order valence-corrected chi connectivity index (χ2v) is 7.62. The van der Waals surface area contributed by atoms with Gasteiger partial charge in [-0.05, 0) is 26.2 Å². The Balaban J connectivity index is 0.00000208. The van der Waals surface area contributed by atoms with Crippen LogP contribution in [0.2, 0.25) is 0 Å². The van der Waals surface area contributed by atoms with Crippen LogP contribution >= 0.6 is 12.4 Å². The average molecular weight is 377 g/mol. The third-order valence-corrected chi connectivity index (χ3v) is 5.48. The van der Waals surface area contributed by atoms with Crippen molar-refractivity contribution in [1.82, 2.24) is 24.4 Å². The first kappa shape index (κ1) is 18.8. The maximum absolute atomic E-state index is 12.1. The highest BCUT2D eigenvalue weighted by atomic mass is 35.5. The summed E-state index contributed by atoms with van der Waals surface area (Å²) < 4.78 is 33.5. The average Bonchev–Trinajstić information content (AvgIpc) is 3.05. The predicted molar refractivity (Wildman–Crippen MR) is 88.1 cm³/mol. The van der Waals surface area contributed by atoms with Crippen LogP contribution < -0.4 is 10.5 Å². The Morgan fingerprint density at radius 2 is 2.12 bits per heavy atom. The SMILES string of the molecule is Cc1nc(S(=O)(=O)NCCc2nc(C3(N)CCC3)no2)cn1C.Cl. The van der Waals surface area contributed by atoms with Crippen molar-refractivity contribution < 1.29 is 12.9 Å². The normalized spacial score (nSPS) is 16.5. The molecular weight excluding hydrogens is 356 g/mol. The first-order chi connectivity index (χ1) is 10.8. The number of aryl methyl sites for hydroxylation is 2. The number of hydrogen-bond donors (Lipinski definition) is 2. The molecule has 2 heterocycles. The van der Waals surface area contributed by atoms with Crippen LogP contribution in [-0.2, 0) is 29.0 Å². The van der Waals surface area contributed by atoms with Gasteiger partial charge in [-0.1, -0.05) is 5.16 Å². The van der Waals surface area contributed by atoms with E-state index in [1.54, 1.807) is 18.5 Å². The highest BCUT2D eigenvalue weighted by Gasteiger charge is 2.38. The molecule has 134 valence electrons. The van der Waals surface area contributed by atoms with E-state index in [9.17, 15) is 8.42 Å². The molecule has 0 bridgehead atoms. The third kappa shape index (κ3) is 3.61. The second-order valence-electron chi connectivity index (χ2n) is 5.91. The molecular formula is C13H21ClN6O3S. The fraction of sp³-hybridized carbons (Fsp3) is 0.615. The van der Waals surface area contributed by atoms with E-state index in [1.165, 1.54) is 6.20 Å². The highest BCUT2D eigenvalue weighted by Crippen LogP contribution is 2.36. The van der Waals surface area contributed by atoms with Crippen LogP contribution in [-0.4, -0.2) is 34.7 Å². The van der Waals surface area contributed by atoms with Gasteiger partial charge in [-0.2, -0.15) is 4.98 Å². The lowest BCUT2D eigenvalue weighted by Gasteiger charge is -2.34. The molecule has 0 atom stereocenters. The van der Waals surface area contributed by atoms with Gasteiger partial charge in [-0.25, -0.2) is 18.1 Å². The first-order valence-corrected chi connectivity index (χ1v) is 8.90. The summed E-state index contributed by atoms with van der Waals surface area (Å²) in [5.74, 6) is 1.50. The molecule has 0 aliphatic heterocycles. The van der Waals surface area contributed by atoms with E-state index in [0.717, 1.165) is 19.3 Å². The van der Waals surface area contributed by atoms with E-state index in [1.807, 2.05) is 0 Å². The Bertz CT molecular complexity index is 792. The summed E-state index contributed by atoms with van der Waals surface area (Å²) in [5, 5.41) is 3.89. The van der Waals surface area contributed by atoms with E-state index >= 15 is 0 Å². The summed E-state index contributed by atoms with van der Waals surface area (Å²) in [7, 11) is -1.90. The van der Waals surface area contributed by atoms with Gasteiger partial charge in [0.25, 0.3) is 10.0 Å². The molecule has 0 aromatic carbocycles. The molecule has 9 nitrogen and oxygen atoms in total. The van der Waals surface area contributed by atoms with E-state index in [-0.39, 0.29) is 24.0 Å². The molecule has 2 aromatic rings. The van der Waals surface area contributed by atoms with Crippen molar-refractivity contribution in [3.05, 3.63) is 23.7 Å². The molecule has 3 N–H and O–H groups in total. The van der Waals surface area contributed by atoms with Crippen LogP contribution in [0, 0.1) is 6.92 Å². The van der Waals surface area contributed by atoms with Gasteiger partial charge in [-0.3, -0.25) is 0 Å². The maximum atomic E-state index is 12.1. The van der Waals surface area contributed by atoms with Crippen LogP contribution in [0.4, 0.5) is 0 Å². The van der Waals surface area contributed by atoms with Gasteiger partial charge in [0, 0.05) is 26.2 Å². The smallest absolute Gasteiger partial charge is 0.259 e. The van der Waals surface area contributed by atoms with Crippen molar-refractivity contribution in [3.8, 4) is 0 Å². The summed E-state index contributed by atoms with van der Waals surface area (Å²) in [6.45, 7) is 1.89. The molecule has 0 saturated heterocycles. The first-order valence-electron chi connectivity index (χ1n) is 7.42. The van der Waals surface area contributed by atoms with Gasteiger partial charge in [0.1, 0.15) is 5.82 Å². The lowest BCUT2D eigenvalue weighted by atomic mass is 9.77. The molecule has 0 spiro atoms. The molecule has 11 heteroatoms. The molecule has 0 unspecified atom stereocenters. The Morgan fingerprint density at radius 1 is 1.42 bits per heavy atom. The monoisotopic (exact) mass is 376 g/mol. The summed E-state index contributed by atoms with van der Waals surface area (Å²) >= 11 is 0. The predicted octanol–water partition coefficient (Wildman–Crippen LogP) is 0.392. The maximum Gasteiger partial charge on any atom is 0.259 e. The van der Waals surface area contributed by atoms with Crippen LogP contribution in [0.25, 0.3) is 0 Å². The Labute approximate surface area is 146 Å². The zero-order valence-corrected chi connectivity index (χ0v) is 15.2. The second kappa shape index (κ2) is 6.79. The number of imidazole rings is 1. The lowest BCUT2D eigenvalue weighted by molar-refractivity contribution is 0.229. The Hall–Kier alpha value is -1.49. The quantitative estimate of drug-likeness (QED) is 0.745. The number of nitrogens with one attached hydrogen (secondary N) is 1. The minimum absolute atomic E-state index is 0. The minimum Gasteiger partial charge on any atom is -0.339 e. The van der Waals surface area contributed by atoms with E-state index < -0.39 is 15.6 Å². The van der Waals surface area contributed by atoms with E-state index in [4.69, 9.17) is 10.3 Å². The third-order valence-electron chi connectivity index (χ3n) is 4.15. The molecule has 1 fully saturated rings. The summed E-state index contributed by atoms with van der Waals surface area (Å²) in [6, 6.07) is 0. The van der Waals surface area contributed by atoms with Gasteiger partial charge >= 0.3 is 0 Å². The molecule has 0 amide bonds. The molecule has 3 rings (SSSR count). The van der Waals surface area contributed by atoms with Crippen LogP contribution in [0.5, 0.6) is 0 Å². The number of hydrogen-bond acceptors (Lipinski definition) is 7. The van der Waals surface area contributed by atoms with Crippen LogP contribution in [0.1, 0.15) is 36.8 Å². The van der Waals surface area contributed by atoms with Gasteiger partial charge < -0.3 is 14.8 Å². The van der Waals surface area contributed by atoms with Gasteiger partial charge in [0.05, 0.1) is 5.54 Å². The number of rotatable bonds is 6. The van der Waals surface area contributed by atoms with Crippen LogP contribution in [0.15, 0.2) is 15.7 Å². The van der Waals surface area contributed by atoms with E-state index in [0.29, 0.717) is 24.0 Å². The van der Waals surface area contributed by atoms with Crippen molar-refractivity contribution >= 4 is 22.4 Å². The number of halogens is 1. The fourth-order valence-corrected chi connectivity index (χ4v) is 3.43. The molecule has 24 heavy (non-hydrogen) atoms. The van der Waals surface area contributed by atoms with Crippen molar-refractivity contribution in [2.24, 2.45) is 12.8 Å². The lowest BCUT2D eigenvalue weighted by Crippen LogP contribution is -2.44.